The largest absolute Gasteiger partial charge is 0.447 e. The Morgan fingerprint density at radius 1 is 0.946 bits per heavy atom. The topological polar surface area (TPSA) is 71.3 Å². The summed E-state index contributed by atoms with van der Waals surface area (Å²) in [5.74, 6) is -1.93. The standard InChI is InChI=1S/C26H21F5N4O2/c27-21-5-4-19(22(28)11-21)14-35(13-18-2-1-3-20(10-18)26(29,30)31)15-24-34-23(16-37-24)25(36)33-12-17-6-8-32-9-7-17/h1-11,16H,12-15H2,(H,33,36). The summed E-state index contributed by atoms with van der Waals surface area (Å²) in [6, 6.07) is 11.3. The van der Waals surface area contributed by atoms with Crippen LogP contribution in [0.5, 0.6) is 0 Å². The molecule has 0 saturated carbocycles. The molecule has 4 aromatic rings. The van der Waals surface area contributed by atoms with E-state index in [4.69, 9.17) is 4.42 Å². The molecule has 11 heteroatoms. The lowest BCUT2D eigenvalue weighted by Gasteiger charge is -2.22. The summed E-state index contributed by atoms with van der Waals surface area (Å²) in [4.78, 5) is 22.1. The maximum absolute atomic E-state index is 14.3. The summed E-state index contributed by atoms with van der Waals surface area (Å²) in [5.41, 5.74) is 0.480. The molecule has 0 unspecified atom stereocenters. The van der Waals surface area contributed by atoms with Crippen LogP contribution in [-0.4, -0.2) is 20.8 Å². The van der Waals surface area contributed by atoms with Crippen molar-refractivity contribution in [2.24, 2.45) is 0 Å². The molecule has 2 aromatic heterocycles. The molecule has 6 nitrogen and oxygen atoms in total. The fraction of sp³-hybridized carbons (Fsp3) is 0.192. The number of amides is 1. The van der Waals surface area contributed by atoms with Gasteiger partial charge in [0, 0.05) is 43.7 Å². The first-order chi connectivity index (χ1) is 17.7. The van der Waals surface area contributed by atoms with Gasteiger partial charge in [-0.3, -0.25) is 14.7 Å². The predicted molar refractivity (Wildman–Crippen MR) is 123 cm³/mol. The van der Waals surface area contributed by atoms with Gasteiger partial charge in [0.2, 0.25) is 5.89 Å². The number of hydrogen-bond acceptors (Lipinski definition) is 5. The van der Waals surface area contributed by atoms with Gasteiger partial charge in [-0.1, -0.05) is 24.3 Å². The smallest absolute Gasteiger partial charge is 0.416 e. The van der Waals surface area contributed by atoms with Gasteiger partial charge in [0.25, 0.3) is 5.91 Å². The van der Waals surface area contributed by atoms with Gasteiger partial charge in [0.05, 0.1) is 12.1 Å². The summed E-state index contributed by atoms with van der Waals surface area (Å²) in [6.45, 7) is 0.0980. The fourth-order valence-electron chi connectivity index (χ4n) is 3.62. The number of rotatable bonds is 9. The van der Waals surface area contributed by atoms with E-state index in [9.17, 15) is 26.7 Å². The van der Waals surface area contributed by atoms with Crippen molar-refractivity contribution in [3.63, 3.8) is 0 Å². The van der Waals surface area contributed by atoms with Gasteiger partial charge < -0.3 is 9.73 Å². The Labute approximate surface area is 208 Å². The van der Waals surface area contributed by atoms with Crippen LogP contribution in [0.4, 0.5) is 22.0 Å². The number of hydrogen-bond donors (Lipinski definition) is 1. The lowest BCUT2D eigenvalue weighted by molar-refractivity contribution is -0.137. The Morgan fingerprint density at radius 3 is 2.46 bits per heavy atom. The van der Waals surface area contributed by atoms with Crippen LogP contribution in [0.1, 0.15) is 38.6 Å². The molecule has 0 atom stereocenters. The van der Waals surface area contributed by atoms with E-state index in [2.05, 4.69) is 15.3 Å². The number of carbonyl (C=O) groups is 1. The molecule has 2 aromatic carbocycles. The SMILES string of the molecule is O=C(NCc1ccncc1)c1coc(CN(Cc2cccc(C(F)(F)F)c2)Cc2ccc(F)cc2F)n1. The lowest BCUT2D eigenvalue weighted by atomic mass is 10.1. The molecular weight excluding hydrogens is 495 g/mol. The van der Waals surface area contributed by atoms with Crippen molar-refractivity contribution in [2.75, 3.05) is 0 Å². The minimum absolute atomic E-state index is 0.0102. The maximum Gasteiger partial charge on any atom is 0.416 e. The highest BCUT2D eigenvalue weighted by atomic mass is 19.4. The van der Waals surface area contributed by atoms with E-state index in [0.717, 1.165) is 36.1 Å². The number of benzene rings is 2. The first-order valence-corrected chi connectivity index (χ1v) is 11.1. The highest BCUT2D eigenvalue weighted by Crippen LogP contribution is 2.30. The quantitative estimate of drug-likeness (QED) is 0.298. The van der Waals surface area contributed by atoms with Gasteiger partial charge in [0.1, 0.15) is 17.9 Å². The van der Waals surface area contributed by atoms with E-state index in [0.29, 0.717) is 5.56 Å². The van der Waals surface area contributed by atoms with Gasteiger partial charge in [-0.05, 0) is 35.4 Å². The average Bonchev–Trinajstić information content (AvgIpc) is 3.33. The molecule has 192 valence electrons. The molecule has 1 N–H and O–H groups in total. The third kappa shape index (κ3) is 7.20. The lowest BCUT2D eigenvalue weighted by Crippen LogP contribution is -2.25. The number of aromatic nitrogens is 2. The van der Waals surface area contributed by atoms with Crippen LogP contribution in [0.25, 0.3) is 0 Å². The zero-order valence-corrected chi connectivity index (χ0v) is 19.3. The summed E-state index contributed by atoms with van der Waals surface area (Å²) < 4.78 is 72.6. The van der Waals surface area contributed by atoms with Gasteiger partial charge >= 0.3 is 6.18 Å². The highest BCUT2D eigenvalue weighted by molar-refractivity contribution is 5.91. The van der Waals surface area contributed by atoms with E-state index in [1.54, 1.807) is 29.4 Å². The molecule has 0 bridgehead atoms. The highest BCUT2D eigenvalue weighted by Gasteiger charge is 2.30. The van der Waals surface area contributed by atoms with E-state index in [1.165, 1.54) is 18.2 Å². The molecule has 2 heterocycles. The van der Waals surface area contributed by atoms with E-state index < -0.39 is 29.3 Å². The van der Waals surface area contributed by atoms with E-state index in [1.807, 2.05) is 0 Å². The minimum Gasteiger partial charge on any atom is -0.447 e. The minimum atomic E-state index is -4.52. The molecule has 0 saturated heterocycles. The summed E-state index contributed by atoms with van der Waals surface area (Å²) in [7, 11) is 0. The Kier molecular flexibility index (Phi) is 7.92. The predicted octanol–water partition coefficient (Wildman–Crippen LogP) is 5.50. The van der Waals surface area contributed by atoms with Gasteiger partial charge in [-0.2, -0.15) is 13.2 Å². The molecule has 0 aliphatic rings. The third-order valence-electron chi connectivity index (χ3n) is 5.42. The summed E-state index contributed by atoms with van der Waals surface area (Å²) >= 11 is 0. The third-order valence-corrected chi connectivity index (χ3v) is 5.42. The molecule has 0 fully saturated rings. The van der Waals surface area contributed by atoms with Crippen molar-refractivity contribution in [3.05, 3.63) is 119 Å². The van der Waals surface area contributed by atoms with Gasteiger partial charge in [-0.25, -0.2) is 13.8 Å². The summed E-state index contributed by atoms with van der Waals surface area (Å²) in [5, 5.41) is 2.70. The number of pyridine rings is 1. The van der Waals surface area contributed by atoms with Crippen LogP contribution >= 0.6 is 0 Å². The van der Waals surface area contributed by atoms with Gasteiger partial charge in [-0.15, -0.1) is 0 Å². The molecule has 0 aliphatic carbocycles. The fourth-order valence-corrected chi connectivity index (χ4v) is 3.62. The van der Waals surface area contributed by atoms with Crippen LogP contribution in [0.2, 0.25) is 0 Å². The van der Waals surface area contributed by atoms with Gasteiger partial charge in [0.15, 0.2) is 5.69 Å². The average molecular weight is 516 g/mol. The van der Waals surface area contributed by atoms with Crippen molar-refractivity contribution in [1.82, 2.24) is 20.2 Å². The normalized spacial score (nSPS) is 11.6. The molecular formula is C26H21F5N4O2. The Bertz CT molecular complexity index is 1360. The van der Waals surface area contributed by atoms with Crippen molar-refractivity contribution in [3.8, 4) is 0 Å². The van der Waals surface area contributed by atoms with E-state index >= 15 is 0 Å². The second-order valence-electron chi connectivity index (χ2n) is 8.24. The molecule has 1 amide bonds. The first kappa shape index (κ1) is 26.0. The Hall–Kier alpha value is -4.12. The van der Waals surface area contributed by atoms with Crippen LogP contribution < -0.4 is 5.32 Å². The number of nitrogens with one attached hydrogen (secondary N) is 1. The number of alkyl halides is 3. The first-order valence-electron chi connectivity index (χ1n) is 11.1. The summed E-state index contributed by atoms with van der Waals surface area (Å²) in [6.07, 6.45) is -0.166. The number of halogens is 5. The van der Waals surface area contributed by atoms with Crippen LogP contribution in [0.15, 0.2) is 77.7 Å². The molecule has 4 rings (SSSR count). The zero-order valence-electron chi connectivity index (χ0n) is 19.3. The van der Waals surface area contributed by atoms with Crippen LogP contribution in [0, 0.1) is 11.6 Å². The van der Waals surface area contributed by atoms with Crippen molar-refractivity contribution < 1.29 is 31.2 Å². The van der Waals surface area contributed by atoms with Crippen molar-refractivity contribution in [1.29, 1.82) is 0 Å². The number of oxazole rings is 1. The second kappa shape index (κ2) is 11.3. The van der Waals surface area contributed by atoms with E-state index in [-0.39, 0.29) is 43.3 Å². The maximum atomic E-state index is 14.3. The number of carbonyl (C=O) groups excluding carboxylic acids is 1. The Morgan fingerprint density at radius 2 is 1.73 bits per heavy atom. The number of nitrogens with zero attached hydrogens (tertiary/aromatic N) is 3. The molecule has 0 aliphatic heterocycles. The molecule has 0 radical (unpaired) electrons. The Balaban J connectivity index is 1.50. The molecule has 37 heavy (non-hydrogen) atoms. The van der Waals surface area contributed by atoms with Crippen LogP contribution in [-0.2, 0) is 32.4 Å². The van der Waals surface area contributed by atoms with Crippen molar-refractivity contribution >= 4 is 5.91 Å². The second-order valence-corrected chi connectivity index (χ2v) is 8.24. The monoisotopic (exact) mass is 516 g/mol. The zero-order chi connectivity index (χ0) is 26.4. The molecule has 0 spiro atoms. The van der Waals surface area contributed by atoms with Crippen LogP contribution in [0.3, 0.4) is 0 Å². The van der Waals surface area contributed by atoms with Crippen molar-refractivity contribution in [2.45, 2.75) is 32.4 Å².